The summed E-state index contributed by atoms with van der Waals surface area (Å²) in [5, 5.41) is 12.2. The number of β-amino-alcohol motifs (C(OH)–C–C–N with tert-alkyl or cyclic N) is 1. The van der Waals surface area contributed by atoms with Crippen molar-refractivity contribution in [1.82, 2.24) is 5.32 Å². The highest BCUT2D eigenvalue weighted by Gasteiger charge is 2.30. The van der Waals surface area contributed by atoms with Crippen LogP contribution in [0.1, 0.15) is 19.8 Å². The average molecular weight is 201 g/mol. The molecule has 0 aromatic carbocycles. The summed E-state index contributed by atoms with van der Waals surface area (Å²) >= 11 is 0. The fraction of sp³-hybridized carbons (Fsp3) is 0.778. The van der Waals surface area contributed by atoms with E-state index in [0.717, 1.165) is 0 Å². The van der Waals surface area contributed by atoms with Gasteiger partial charge in [0.1, 0.15) is 0 Å². The van der Waals surface area contributed by atoms with E-state index in [1.54, 1.807) is 0 Å². The van der Waals surface area contributed by atoms with Gasteiger partial charge in [0.2, 0.25) is 0 Å². The lowest BCUT2D eigenvalue weighted by Gasteiger charge is -2.30. The van der Waals surface area contributed by atoms with Crippen LogP contribution >= 0.6 is 0 Å². The molecule has 80 valence electrons. The van der Waals surface area contributed by atoms with Gasteiger partial charge >= 0.3 is 0 Å². The first kappa shape index (κ1) is 11.1. The Morgan fingerprint density at radius 3 is 2.79 bits per heavy atom. The minimum atomic E-state index is -0.722. The van der Waals surface area contributed by atoms with Crippen molar-refractivity contribution in [2.24, 2.45) is 0 Å². The zero-order valence-corrected chi connectivity index (χ0v) is 8.10. The number of aliphatic hydroxyl groups excluding tert-OH is 1. The number of rotatable bonds is 4. The number of aliphatic hydroxyl groups is 1. The van der Waals surface area contributed by atoms with E-state index in [1.807, 2.05) is 0 Å². The molecule has 1 rings (SSSR count). The van der Waals surface area contributed by atoms with Crippen LogP contribution in [0.4, 0.5) is 0 Å². The molecule has 0 aliphatic carbocycles. The van der Waals surface area contributed by atoms with E-state index in [2.05, 4.69) is 5.32 Å². The predicted molar refractivity (Wildman–Crippen MR) is 48.6 cm³/mol. The maximum absolute atomic E-state index is 11.1. The minimum absolute atomic E-state index is 0.166. The molecule has 1 heterocycles. The van der Waals surface area contributed by atoms with Gasteiger partial charge in [0.25, 0.3) is 6.47 Å². The molecule has 0 radical (unpaired) electrons. The zero-order valence-electron chi connectivity index (χ0n) is 8.10. The van der Waals surface area contributed by atoms with Crippen LogP contribution in [0.3, 0.4) is 0 Å². The van der Waals surface area contributed by atoms with Crippen LogP contribution in [-0.4, -0.2) is 42.2 Å². The van der Waals surface area contributed by atoms with Gasteiger partial charge in [0, 0.05) is 6.54 Å². The maximum atomic E-state index is 11.1. The zero-order chi connectivity index (χ0) is 10.6. The second-order valence-electron chi connectivity index (χ2n) is 3.51. The number of ketones is 1. The molecule has 0 spiro atoms. The number of carbonyl (C=O) groups is 2. The molecule has 0 aromatic heterocycles. The van der Waals surface area contributed by atoms with Crippen molar-refractivity contribution in [3.05, 3.63) is 0 Å². The summed E-state index contributed by atoms with van der Waals surface area (Å²) in [5.41, 5.74) is 0. The number of piperidine rings is 1. The third-order valence-corrected chi connectivity index (χ3v) is 2.39. The molecule has 0 bridgehead atoms. The Labute approximate surface area is 82.4 Å². The molecule has 0 amide bonds. The molecule has 1 aliphatic heterocycles. The van der Waals surface area contributed by atoms with Crippen LogP contribution < -0.4 is 5.32 Å². The molecule has 3 unspecified atom stereocenters. The fourth-order valence-corrected chi connectivity index (χ4v) is 1.66. The number of nitrogens with one attached hydrogen (secondary N) is 1. The average Bonchev–Trinajstić information content (AvgIpc) is 2.15. The maximum Gasteiger partial charge on any atom is 0.293 e. The number of hydrogen-bond donors (Lipinski definition) is 2. The standard InChI is InChI=1S/C9H15NO4/c1-6(12)9(14-5-11)8-3-2-7(13)4-10-8/h5,7-10,13H,2-4H2,1H3. The highest BCUT2D eigenvalue weighted by molar-refractivity contribution is 5.82. The van der Waals surface area contributed by atoms with Crippen LogP contribution in [-0.2, 0) is 14.3 Å². The largest absolute Gasteiger partial charge is 0.455 e. The SMILES string of the molecule is CC(=O)C(OC=O)C1CCC(O)CN1. The van der Waals surface area contributed by atoms with E-state index in [4.69, 9.17) is 4.74 Å². The fourth-order valence-electron chi connectivity index (χ4n) is 1.66. The number of Topliss-reactive ketones (excluding diaryl/α,β-unsaturated/α-hetero) is 1. The van der Waals surface area contributed by atoms with Crippen LogP contribution in [0.2, 0.25) is 0 Å². The van der Waals surface area contributed by atoms with Gasteiger partial charge in [-0.1, -0.05) is 0 Å². The Bertz CT molecular complexity index is 211. The van der Waals surface area contributed by atoms with E-state index in [1.165, 1.54) is 6.92 Å². The lowest BCUT2D eigenvalue weighted by molar-refractivity contribution is -0.145. The number of carbonyl (C=O) groups excluding carboxylic acids is 2. The Morgan fingerprint density at radius 1 is 1.64 bits per heavy atom. The normalized spacial score (nSPS) is 29.3. The topological polar surface area (TPSA) is 75.6 Å². The lowest BCUT2D eigenvalue weighted by atomic mass is 9.96. The molecular weight excluding hydrogens is 186 g/mol. The Balaban J connectivity index is 2.51. The molecule has 0 saturated carbocycles. The molecule has 1 saturated heterocycles. The molecular formula is C9H15NO4. The van der Waals surface area contributed by atoms with Crippen molar-refractivity contribution < 1.29 is 19.4 Å². The van der Waals surface area contributed by atoms with Crippen LogP contribution in [0.25, 0.3) is 0 Å². The van der Waals surface area contributed by atoms with E-state index < -0.39 is 6.10 Å². The number of ether oxygens (including phenoxy) is 1. The van der Waals surface area contributed by atoms with Crippen molar-refractivity contribution in [3.8, 4) is 0 Å². The monoisotopic (exact) mass is 201 g/mol. The first-order valence-corrected chi connectivity index (χ1v) is 4.66. The summed E-state index contributed by atoms with van der Waals surface area (Å²) in [6.45, 7) is 2.12. The lowest BCUT2D eigenvalue weighted by Crippen LogP contribution is -2.51. The molecule has 3 atom stereocenters. The second-order valence-corrected chi connectivity index (χ2v) is 3.51. The quantitative estimate of drug-likeness (QED) is 0.584. The molecule has 0 aromatic rings. The van der Waals surface area contributed by atoms with Crippen LogP contribution in [0.15, 0.2) is 0 Å². The molecule has 5 heteroatoms. The van der Waals surface area contributed by atoms with Gasteiger partial charge in [-0.05, 0) is 19.8 Å². The van der Waals surface area contributed by atoms with Crippen molar-refractivity contribution in [3.63, 3.8) is 0 Å². The van der Waals surface area contributed by atoms with Gasteiger partial charge in [-0.15, -0.1) is 0 Å². The Kier molecular flexibility index (Phi) is 4.03. The molecule has 2 N–H and O–H groups in total. The van der Waals surface area contributed by atoms with Gasteiger partial charge in [0.05, 0.1) is 12.1 Å². The molecule has 1 fully saturated rings. The molecule has 5 nitrogen and oxygen atoms in total. The van der Waals surface area contributed by atoms with Gasteiger partial charge < -0.3 is 15.2 Å². The Hall–Kier alpha value is -0.940. The first-order valence-electron chi connectivity index (χ1n) is 4.66. The highest BCUT2D eigenvalue weighted by atomic mass is 16.5. The summed E-state index contributed by atoms with van der Waals surface area (Å²) in [5.74, 6) is -0.175. The third-order valence-electron chi connectivity index (χ3n) is 2.39. The van der Waals surface area contributed by atoms with Crippen molar-refractivity contribution in [2.75, 3.05) is 6.54 Å². The summed E-state index contributed by atoms with van der Waals surface area (Å²) in [6, 6.07) is -0.166. The summed E-state index contributed by atoms with van der Waals surface area (Å²) in [6.07, 6.45) is 0.179. The van der Waals surface area contributed by atoms with Crippen molar-refractivity contribution in [1.29, 1.82) is 0 Å². The van der Waals surface area contributed by atoms with Crippen molar-refractivity contribution in [2.45, 2.75) is 38.0 Å². The van der Waals surface area contributed by atoms with E-state index in [0.29, 0.717) is 25.9 Å². The Morgan fingerprint density at radius 2 is 2.36 bits per heavy atom. The first-order chi connectivity index (χ1) is 6.65. The van der Waals surface area contributed by atoms with E-state index >= 15 is 0 Å². The van der Waals surface area contributed by atoms with Crippen LogP contribution in [0, 0.1) is 0 Å². The molecule has 1 aliphatic rings. The van der Waals surface area contributed by atoms with E-state index in [9.17, 15) is 14.7 Å². The van der Waals surface area contributed by atoms with E-state index in [-0.39, 0.29) is 17.9 Å². The summed E-state index contributed by atoms with van der Waals surface area (Å²) in [7, 11) is 0. The number of hydrogen-bond acceptors (Lipinski definition) is 5. The van der Waals surface area contributed by atoms with Gasteiger partial charge in [-0.25, -0.2) is 0 Å². The smallest absolute Gasteiger partial charge is 0.293 e. The predicted octanol–water partition coefficient (Wildman–Crippen LogP) is -0.770. The van der Waals surface area contributed by atoms with Gasteiger partial charge in [0.15, 0.2) is 11.9 Å². The van der Waals surface area contributed by atoms with Gasteiger partial charge in [-0.3, -0.25) is 9.59 Å². The summed E-state index contributed by atoms with van der Waals surface area (Å²) in [4.78, 5) is 21.3. The van der Waals surface area contributed by atoms with Crippen molar-refractivity contribution >= 4 is 12.3 Å². The minimum Gasteiger partial charge on any atom is -0.455 e. The van der Waals surface area contributed by atoms with Crippen LogP contribution in [0.5, 0.6) is 0 Å². The second kappa shape index (κ2) is 5.07. The van der Waals surface area contributed by atoms with Gasteiger partial charge in [-0.2, -0.15) is 0 Å². The molecule has 14 heavy (non-hydrogen) atoms. The summed E-state index contributed by atoms with van der Waals surface area (Å²) < 4.78 is 4.70. The third kappa shape index (κ3) is 2.78. The highest BCUT2D eigenvalue weighted by Crippen LogP contribution is 2.13.